The number of ether oxygens (including phenoxy) is 1. The molecule has 0 saturated heterocycles. The van der Waals surface area contributed by atoms with Gasteiger partial charge in [-0.1, -0.05) is 72.8 Å². The monoisotopic (exact) mass is 391 g/mol. The van der Waals surface area contributed by atoms with Gasteiger partial charge in [-0.25, -0.2) is 0 Å². The predicted molar refractivity (Wildman–Crippen MR) is 121 cm³/mol. The van der Waals surface area contributed by atoms with E-state index in [0.29, 0.717) is 13.2 Å². The summed E-state index contributed by atoms with van der Waals surface area (Å²) in [5, 5.41) is 16.5. The predicted octanol–water partition coefficient (Wildman–Crippen LogP) is 5.06. The number of benzene rings is 3. The molecule has 1 atom stereocenters. The van der Waals surface area contributed by atoms with E-state index in [1.807, 2.05) is 32.0 Å². The SMILES string of the molecule is CC(C)(Cc1ccc2ccccc2c1)NC[C@@H](O)COC(C)(C)c1ccccc1. The maximum Gasteiger partial charge on any atom is 0.0898 e. The first-order valence-corrected chi connectivity index (χ1v) is 10.4. The first kappa shape index (κ1) is 21.5. The quantitative estimate of drug-likeness (QED) is 0.535. The molecule has 0 spiro atoms. The van der Waals surface area contributed by atoms with E-state index in [9.17, 15) is 5.11 Å². The van der Waals surface area contributed by atoms with Crippen molar-refractivity contribution >= 4 is 10.8 Å². The largest absolute Gasteiger partial charge is 0.389 e. The molecule has 0 saturated carbocycles. The number of aliphatic hydroxyl groups is 1. The van der Waals surface area contributed by atoms with Crippen LogP contribution < -0.4 is 5.32 Å². The van der Waals surface area contributed by atoms with Crippen molar-refractivity contribution in [2.24, 2.45) is 0 Å². The van der Waals surface area contributed by atoms with Gasteiger partial charge >= 0.3 is 0 Å². The average Bonchev–Trinajstić information content (AvgIpc) is 2.71. The van der Waals surface area contributed by atoms with Gasteiger partial charge in [0.2, 0.25) is 0 Å². The second kappa shape index (κ2) is 9.08. The number of fused-ring (bicyclic) bond motifs is 1. The van der Waals surface area contributed by atoms with Gasteiger partial charge in [-0.3, -0.25) is 0 Å². The smallest absolute Gasteiger partial charge is 0.0898 e. The molecule has 0 amide bonds. The lowest BCUT2D eigenvalue weighted by Gasteiger charge is -2.30. The fourth-order valence-corrected chi connectivity index (χ4v) is 3.60. The number of rotatable bonds is 9. The summed E-state index contributed by atoms with van der Waals surface area (Å²) >= 11 is 0. The molecular weight excluding hydrogens is 358 g/mol. The number of aliphatic hydroxyl groups excluding tert-OH is 1. The van der Waals surface area contributed by atoms with Crippen LogP contribution in [0.25, 0.3) is 10.8 Å². The molecule has 0 aromatic heterocycles. The summed E-state index contributed by atoms with van der Waals surface area (Å²) in [6.07, 6.45) is 0.329. The van der Waals surface area contributed by atoms with Crippen molar-refractivity contribution in [3.8, 4) is 0 Å². The summed E-state index contributed by atoms with van der Waals surface area (Å²) in [7, 11) is 0. The van der Waals surface area contributed by atoms with Crippen molar-refractivity contribution in [2.75, 3.05) is 13.2 Å². The van der Waals surface area contributed by atoms with E-state index in [1.165, 1.54) is 16.3 Å². The van der Waals surface area contributed by atoms with Crippen molar-refractivity contribution in [2.45, 2.75) is 51.4 Å². The summed E-state index contributed by atoms with van der Waals surface area (Å²) < 4.78 is 6.02. The highest BCUT2D eigenvalue weighted by atomic mass is 16.5. The number of β-amino-alcohol motifs (C(OH)–C–C–N with tert-alkyl or cyclic N) is 1. The van der Waals surface area contributed by atoms with Crippen molar-refractivity contribution in [3.63, 3.8) is 0 Å². The lowest BCUT2D eigenvalue weighted by Crippen LogP contribution is -2.46. The maximum absolute atomic E-state index is 10.4. The Kier molecular flexibility index (Phi) is 6.74. The van der Waals surface area contributed by atoms with Crippen molar-refractivity contribution in [3.05, 3.63) is 83.9 Å². The Balaban J connectivity index is 1.51. The van der Waals surface area contributed by atoms with Crippen LogP contribution in [0.15, 0.2) is 72.8 Å². The third-order valence-electron chi connectivity index (χ3n) is 5.38. The molecule has 3 rings (SSSR count). The third-order valence-corrected chi connectivity index (χ3v) is 5.38. The Bertz CT molecular complexity index is 918. The topological polar surface area (TPSA) is 41.5 Å². The first-order valence-electron chi connectivity index (χ1n) is 10.4. The molecule has 154 valence electrons. The maximum atomic E-state index is 10.4. The number of nitrogens with one attached hydrogen (secondary N) is 1. The van der Waals surface area contributed by atoms with Crippen LogP contribution in [0, 0.1) is 0 Å². The highest BCUT2D eigenvalue weighted by molar-refractivity contribution is 5.83. The third kappa shape index (κ3) is 6.14. The zero-order valence-corrected chi connectivity index (χ0v) is 18.0. The number of hydrogen-bond acceptors (Lipinski definition) is 3. The zero-order chi connectivity index (χ0) is 20.9. The van der Waals surface area contributed by atoms with E-state index in [0.717, 1.165) is 12.0 Å². The van der Waals surface area contributed by atoms with Gasteiger partial charge in [0.25, 0.3) is 0 Å². The summed E-state index contributed by atoms with van der Waals surface area (Å²) in [5.74, 6) is 0. The minimum absolute atomic E-state index is 0.127. The molecule has 0 aliphatic rings. The van der Waals surface area contributed by atoms with Crippen LogP contribution in [-0.2, 0) is 16.8 Å². The van der Waals surface area contributed by atoms with Crippen LogP contribution in [0.2, 0.25) is 0 Å². The molecule has 0 bridgehead atoms. The van der Waals surface area contributed by atoms with Crippen molar-refractivity contribution < 1.29 is 9.84 Å². The van der Waals surface area contributed by atoms with Crippen LogP contribution in [0.4, 0.5) is 0 Å². The molecular formula is C26H33NO2. The molecule has 0 aliphatic carbocycles. The fraction of sp³-hybridized carbons (Fsp3) is 0.385. The van der Waals surface area contributed by atoms with Crippen LogP contribution in [0.1, 0.15) is 38.8 Å². The highest BCUT2D eigenvalue weighted by Gasteiger charge is 2.24. The van der Waals surface area contributed by atoms with Gasteiger partial charge in [0.05, 0.1) is 18.3 Å². The van der Waals surface area contributed by atoms with Gasteiger partial charge in [0, 0.05) is 12.1 Å². The van der Waals surface area contributed by atoms with Gasteiger partial charge in [-0.05, 0) is 56.0 Å². The summed E-state index contributed by atoms with van der Waals surface area (Å²) in [6.45, 7) is 9.19. The molecule has 0 heterocycles. The first-order chi connectivity index (χ1) is 13.8. The minimum Gasteiger partial charge on any atom is -0.389 e. The Hall–Kier alpha value is -2.20. The fourth-order valence-electron chi connectivity index (χ4n) is 3.60. The Morgan fingerprint density at radius 3 is 2.24 bits per heavy atom. The zero-order valence-electron chi connectivity index (χ0n) is 18.0. The van der Waals surface area contributed by atoms with Gasteiger partial charge in [0.1, 0.15) is 0 Å². The second-order valence-corrected chi connectivity index (χ2v) is 8.96. The summed E-state index contributed by atoms with van der Waals surface area (Å²) in [4.78, 5) is 0. The normalized spacial score (nSPS) is 13.6. The Morgan fingerprint density at radius 2 is 1.52 bits per heavy atom. The van der Waals surface area contributed by atoms with Gasteiger partial charge < -0.3 is 15.2 Å². The molecule has 0 unspecified atom stereocenters. The van der Waals surface area contributed by atoms with Crippen LogP contribution in [0.5, 0.6) is 0 Å². The van der Waals surface area contributed by atoms with E-state index in [4.69, 9.17) is 4.74 Å². The molecule has 3 nitrogen and oxygen atoms in total. The molecule has 3 aromatic carbocycles. The molecule has 2 N–H and O–H groups in total. The molecule has 0 aliphatic heterocycles. The van der Waals surface area contributed by atoms with E-state index in [-0.39, 0.29) is 5.54 Å². The van der Waals surface area contributed by atoms with Gasteiger partial charge in [-0.2, -0.15) is 0 Å². The van der Waals surface area contributed by atoms with E-state index < -0.39 is 11.7 Å². The Labute approximate surface area is 174 Å². The molecule has 0 fully saturated rings. The van der Waals surface area contributed by atoms with E-state index in [2.05, 4.69) is 73.8 Å². The molecule has 3 heteroatoms. The standard InChI is InChI=1S/C26H33NO2/c1-25(2,17-20-14-15-21-10-8-9-11-22(21)16-20)27-18-24(28)19-29-26(3,4)23-12-6-5-7-13-23/h5-16,24,27-28H,17-19H2,1-4H3/t24-/m1/s1. The minimum atomic E-state index is -0.561. The lowest BCUT2D eigenvalue weighted by molar-refractivity contribution is -0.0633. The lowest BCUT2D eigenvalue weighted by atomic mass is 9.93. The van der Waals surface area contributed by atoms with Crippen molar-refractivity contribution in [1.82, 2.24) is 5.32 Å². The van der Waals surface area contributed by atoms with E-state index >= 15 is 0 Å². The molecule has 0 radical (unpaired) electrons. The molecule has 29 heavy (non-hydrogen) atoms. The summed E-state index contributed by atoms with van der Waals surface area (Å²) in [6, 6.07) is 25.2. The summed E-state index contributed by atoms with van der Waals surface area (Å²) in [5.41, 5.74) is 1.84. The van der Waals surface area contributed by atoms with Gasteiger partial charge in [0.15, 0.2) is 0 Å². The van der Waals surface area contributed by atoms with Crippen molar-refractivity contribution in [1.29, 1.82) is 0 Å². The Morgan fingerprint density at radius 1 is 0.862 bits per heavy atom. The van der Waals surface area contributed by atoms with Crippen LogP contribution in [0.3, 0.4) is 0 Å². The molecule has 3 aromatic rings. The van der Waals surface area contributed by atoms with Crippen LogP contribution in [-0.4, -0.2) is 29.9 Å². The number of hydrogen-bond donors (Lipinski definition) is 2. The van der Waals surface area contributed by atoms with Gasteiger partial charge in [-0.15, -0.1) is 0 Å². The average molecular weight is 392 g/mol. The van der Waals surface area contributed by atoms with Crippen LogP contribution >= 0.6 is 0 Å². The highest BCUT2D eigenvalue weighted by Crippen LogP contribution is 2.24. The van der Waals surface area contributed by atoms with E-state index in [1.54, 1.807) is 0 Å². The second-order valence-electron chi connectivity index (χ2n) is 8.96.